The zero-order valence-corrected chi connectivity index (χ0v) is 34.1. The third kappa shape index (κ3) is 7.63. The number of nitrogens with one attached hydrogen (secondary N) is 2. The lowest BCUT2D eigenvalue weighted by Gasteiger charge is -2.38. The largest absolute Gasteiger partial charge is 0.371 e. The molecule has 5 saturated heterocycles. The lowest BCUT2D eigenvalue weighted by Crippen LogP contribution is -2.51. The average molecular weight is 820 g/mol. The molecule has 6 aliphatic heterocycles. The Morgan fingerprint density at radius 2 is 1.68 bits per heavy atom. The van der Waals surface area contributed by atoms with E-state index >= 15 is 0 Å². The minimum atomic E-state index is -0.819. The Morgan fingerprint density at radius 1 is 0.900 bits per heavy atom. The van der Waals surface area contributed by atoms with Crippen molar-refractivity contribution in [1.29, 1.82) is 0 Å². The van der Waals surface area contributed by atoms with Gasteiger partial charge >= 0.3 is 6.03 Å². The number of nitrogens with two attached hydrogens (primary N) is 1. The van der Waals surface area contributed by atoms with Crippen molar-refractivity contribution in [2.45, 2.75) is 69.5 Å². The van der Waals surface area contributed by atoms with Crippen molar-refractivity contribution in [2.24, 2.45) is 11.7 Å². The summed E-state index contributed by atoms with van der Waals surface area (Å²) in [6.07, 6.45) is 12.0. The molecule has 2 atom stereocenters. The SMILES string of the molecule is C=C1CCC(N2C(=O)c3ccc(N4CCC(CN5CCC(n6cc(Nc7nc(N8CCC[C@H](N9CCN(C)C9=O)C8)cnc7C(N)=O)cn6)CC5)CC4)cc3C2=O)C(=O)N1. The Labute approximate surface area is 348 Å². The summed E-state index contributed by atoms with van der Waals surface area (Å²) in [4.78, 5) is 85.3. The van der Waals surface area contributed by atoms with Crippen molar-refractivity contribution in [2.75, 3.05) is 81.1 Å². The molecule has 18 heteroatoms. The van der Waals surface area contributed by atoms with Gasteiger partial charge in [0.1, 0.15) is 11.9 Å². The van der Waals surface area contributed by atoms with Crippen molar-refractivity contribution in [3.8, 4) is 0 Å². The molecule has 0 aliphatic carbocycles. The standard InChI is InChI=1S/C42H53N13O5/c1-26-5-8-34(39(57)46-26)55-40(58)32-7-6-30(20-33(32)41(55)59)51-16-9-27(10-17-51)23-50-14-11-29(12-15-50)54-24-28(21-45-54)47-38-36(37(43)56)44-22-35(48-38)52-13-3-4-31(25-52)53-19-18-49(2)42(53)60/h6-7,20-22,24,27,29,31,34H,1,3-5,8-19,23,25H2,2H3,(H2,43,56)(H,46,57)(H,47,48)/t31-,34?/m0/s1. The predicted molar refractivity (Wildman–Crippen MR) is 223 cm³/mol. The quantitative estimate of drug-likeness (QED) is 0.254. The molecule has 6 aliphatic rings. The van der Waals surface area contributed by atoms with Gasteiger partial charge in [0.15, 0.2) is 11.5 Å². The number of allylic oxidation sites excluding steroid dienone is 1. The predicted octanol–water partition coefficient (Wildman–Crippen LogP) is 2.79. The van der Waals surface area contributed by atoms with Crippen LogP contribution in [0, 0.1) is 5.92 Å². The number of aromatic nitrogens is 4. The van der Waals surface area contributed by atoms with Crippen LogP contribution in [0.1, 0.15) is 88.6 Å². The third-order valence-electron chi connectivity index (χ3n) is 13.2. The molecule has 0 radical (unpaired) electrons. The van der Waals surface area contributed by atoms with E-state index in [1.165, 1.54) is 0 Å². The molecule has 4 N–H and O–H groups in total. The molecule has 0 bridgehead atoms. The van der Waals surface area contributed by atoms with Crippen LogP contribution in [0.3, 0.4) is 0 Å². The van der Waals surface area contributed by atoms with Gasteiger partial charge in [-0.2, -0.15) is 5.10 Å². The van der Waals surface area contributed by atoms with Crippen LogP contribution in [0.25, 0.3) is 0 Å². The number of nitrogens with zero attached hydrogens (tertiary/aromatic N) is 10. The second kappa shape index (κ2) is 16.2. The Bertz CT molecular complexity index is 2210. The van der Waals surface area contributed by atoms with Crippen molar-refractivity contribution in [1.82, 2.24) is 44.7 Å². The number of primary amides is 1. The van der Waals surface area contributed by atoms with E-state index < -0.39 is 23.8 Å². The molecule has 6 amide bonds. The first-order valence-corrected chi connectivity index (χ1v) is 21.2. The molecule has 18 nitrogen and oxygen atoms in total. The summed E-state index contributed by atoms with van der Waals surface area (Å²) in [6, 6.07) is 5.03. The lowest BCUT2D eigenvalue weighted by atomic mass is 9.94. The van der Waals surface area contributed by atoms with Crippen LogP contribution in [-0.2, 0) is 4.79 Å². The second-order valence-corrected chi connectivity index (χ2v) is 17.1. The van der Waals surface area contributed by atoms with Crippen molar-refractivity contribution < 1.29 is 24.0 Å². The fourth-order valence-corrected chi connectivity index (χ4v) is 9.80. The van der Waals surface area contributed by atoms with Crippen LogP contribution in [0.2, 0.25) is 0 Å². The number of imide groups is 1. The number of piperidine rings is 4. The van der Waals surface area contributed by atoms with Gasteiger partial charge in [0, 0.05) is 83.5 Å². The molecule has 8 heterocycles. The van der Waals surface area contributed by atoms with Gasteiger partial charge in [-0.3, -0.25) is 28.8 Å². The molecule has 9 rings (SSSR count). The number of benzene rings is 1. The number of hydrogen-bond acceptors (Lipinski definition) is 12. The van der Waals surface area contributed by atoms with Crippen LogP contribution >= 0.6 is 0 Å². The molecule has 0 saturated carbocycles. The Hall–Kier alpha value is -6.04. The number of carbonyl (C=O) groups excluding carboxylic acids is 5. The first-order chi connectivity index (χ1) is 29.0. The molecule has 2 aromatic heterocycles. The van der Waals surface area contributed by atoms with Gasteiger partial charge in [0.25, 0.3) is 17.7 Å². The molecular formula is C42H53N13O5. The number of fused-ring (bicyclic) bond motifs is 1. The molecule has 60 heavy (non-hydrogen) atoms. The Balaban J connectivity index is 0.760. The number of likely N-dealkylation sites (tertiary alicyclic amines) is 1. The van der Waals surface area contributed by atoms with E-state index in [4.69, 9.17) is 10.7 Å². The minimum Gasteiger partial charge on any atom is -0.371 e. The number of urea groups is 1. The number of hydrogen-bond donors (Lipinski definition) is 3. The number of carbonyl (C=O) groups is 5. The van der Waals surface area contributed by atoms with Crippen LogP contribution in [0.4, 0.5) is 27.8 Å². The Kier molecular flexibility index (Phi) is 10.6. The highest BCUT2D eigenvalue weighted by atomic mass is 16.2. The van der Waals surface area contributed by atoms with Gasteiger partial charge in [-0.05, 0) is 75.5 Å². The maximum Gasteiger partial charge on any atom is 0.320 e. The van der Waals surface area contributed by atoms with Gasteiger partial charge in [-0.1, -0.05) is 6.58 Å². The highest BCUT2D eigenvalue weighted by Gasteiger charge is 2.44. The normalized spacial score (nSPS) is 23.5. The zero-order valence-electron chi connectivity index (χ0n) is 34.1. The number of amides is 6. The van der Waals surface area contributed by atoms with Crippen molar-refractivity contribution in [3.63, 3.8) is 0 Å². The van der Waals surface area contributed by atoms with Gasteiger partial charge in [0.05, 0.1) is 41.3 Å². The van der Waals surface area contributed by atoms with Crippen LogP contribution in [0.5, 0.6) is 0 Å². The van der Waals surface area contributed by atoms with E-state index in [-0.39, 0.29) is 35.5 Å². The summed E-state index contributed by atoms with van der Waals surface area (Å²) >= 11 is 0. The first kappa shape index (κ1) is 39.4. The van der Waals surface area contributed by atoms with E-state index in [1.54, 1.807) is 23.4 Å². The van der Waals surface area contributed by atoms with Gasteiger partial charge < -0.3 is 40.9 Å². The highest BCUT2D eigenvalue weighted by Crippen LogP contribution is 2.34. The zero-order chi connectivity index (χ0) is 41.7. The van der Waals surface area contributed by atoms with Gasteiger partial charge in [-0.25, -0.2) is 14.8 Å². The number of likely N-dealkylation sites (N-methyl/N-ethyl adjacent to an activating group) is 1. The maximum atomic E-state index is 13.4. The third-order valence-corrected chi connectivity index (χ3v) is 13.2. The van der Waals surface area contributed by atoms with Crippen molar-refractivity contribution in [3.05, 3.63) is 65.9 Å². The van der Waals surface area contributed by atoms with Crippen LogP contribution in [0.15, 0.2) is 49.1 Å². The molecule has 316 valence electrons. The summed E-state index contributed by atoms with van der Waals surface area (Å²) < 4.78 is 1.99. The summed E-state index contributed by atoms with van der Waals surface area (Å²) in [5.41, 5.74) is 8.72. The number of rotatable bonds is 10. The van der Waals surface area contributed by atoms with Crippen LogP contribution < -0.4 is 26.2 Å². The summed E-state index contributed by atoms with van der Waals surface area (Å²) in [6.45, 7) is 11.4. The summed E-state index contributed by atoms with van der Waals surface area (Å²) in [5.74, 6) is -0.388. The topological polar surface area (TPSA) is 198 Å². The average Bonchev–Trinajstić information content (AvgIpc) is 3.93. The fraction of sp³-hybridized carbons (Fsp3) is 0.524. The lowest BCUT2D eigenvalue weighted by molar-refractivity contribution is -0.125. The summed E-state index contributed by atoms with van der Waals surface area (Å²) in [5, 5.41) is 10.6. The molecule has 3 aromatic rings. The number of anilines is 4. The molecule has 5 fully saturated rings. The second-order valence-electron chi connectivity index (χ2n) is 17.1. The first-order valence-electron chi connectivity index (χ1n) is 21.2. The molecule has 1 unspecified atom stereocenters. The minimum absolute atomic E-state index is 0.0553. The fourth-order valence-electron chi connectivity index (χ4n) is 9.80. The van der Waals surface area contributed by atoms with E-state index in [0.29, 0.717) is 60.2 Å². The van der Waals surface area contributed by atoms with Crippen LogP contribution in [-0.4, -0.2) is 147 Å². The highest BCUT2D eigenvalue weighted by molar-refractivity contribution is 6.23. The smallest absolute Gasteiger partial charge is 0.320 e. The Morgan fingerprint density at radius 3 is 2.42 bits per heavy atom. The van der Waals surface area contributed by atoms with E-state index in [2.05, 4.69) is 42.0 Å². The van der Waals surface area contributed by atoms with E-state index in [9.17, 15) is 24.0 Å². The molecule has 1 aromatic carbocycles. The monoisotopic (exact) mass is 819 g/mol. The maximum absolute atomic E-state index is 13.4. The van der Waals surface area contributed by atoms with Gasteiger partial charge in [0.2, 0.25) is 5.91 Å². The van der Waals surface area contributed by atoms with E-state index in [1.807, 2.05) is 35.0 Å². The van der Waals surface area contributed by atoms with E-state index in [0.717, 1.165) is 94.9 Å². The summed E-state index contributed by atoms with van der Waals surface area (Å²) in [7, 11) is 1.83. The van der Waals surface area contributed by atoms with Crippen molar-refractivity contribution >= 4 is 52.7 Å². The van der Waals surface area contributed by atoms with Gasteiger partial charge in [-0.15, -0.1) is 0 Å². The molecular weight excluding hydrogens is 767 g/mol. The molecule has 0 spiro atoms.